The number of amides is 1. The monoisotopic (exact) mass is 314 g/mol. The van der Waals surface area contributed by atoms with Crippen LogP contribution >= 0.6 is 0 Å². The first-order valence-corrected chi connectivity index (χ1v) is 7.81. The van der Waals surface area contributed by atoms with Crippen LogP contribution in [0.1, 0.15) is 5.56 Å². The summed E-state index contributed by atoms with van der Waals surface area (Å²) in [7, 11) is 1.55. The van der Waals surface area contributed by atoms with Gasteiger partial charge in [0, 0.05) is 51.4 Å². The Kier molecular flexibility index (Phi) is 4.62. The standard InChI is InChI=1S/C17H22N4O2/c1-14-3-5-15(6-4-14)21-8-7-18-17(21)20-11-9-19(10-12-20)16(22)13-23-2/h3-8H,9-13H2,1-2H3. The van der Waals surface area contributed by atoms with Crippen molar-refractivity contribution in [2.45, 2.75) is 6.92 Å². The van der Waals surface area contributed by atoms with Crippen molar-refractivity contribution in [2.75, 3.05) is 44.8 Å². The number of carbonyl (C=O) groups is 1. The molecule has 0 bridgehead atoms. The number of rotatable bonds is 4. The molecular formula is C17H22N4O2. The third-order valence-electron chi connectivity index (χ3n) is 4.12. The van der Waals surface area contributed by atoms with Gasteiger partial charge in [-0.15, -0.1) is 0 Å². The van der Waals surface area contributed by atoms with Gasteiger partial charge in [-0.2, -0.15) is 0 Å². The number of imidazole rings is 1. The van der Waals surface area contributed by atoms with Crippen LogP contribution in [0.5, 0.6) is 0 Å². The minimum Gasteiger partial charge on any atom is -0.375 e. The van der Waals surface area contributed by atoms with Gasteiger partial charge < -0.3 is 14.5 Å². The molecule has 0 spiro atoms. The number of carbonyl (C=O) groups excluding carboxylic acids is 1. The van der Waals surface area contributed by atoms with Gasteiger partial charge in [0.15, 0.2) is 0 Å². The van der Waals surface area contributed by atoms with Crippen LogP contribution in [-0.2, 0) is 9.53 Å². The van der Waals surface area contributed by atoms with E-state index in [1.807, 2.05) is 17.3 Å². The van der Waals surface area contributed by atoms with Crippen molar-refractivity contribution < 1.29 is 9.53 Å². The molecule has 3 rings (SSSR count). The average Bonchev–Trinajstić information content (AvgIpc) is 3.05. The van der Waals surface area contributed by atoms with E-state index in [0.29, 0.717) is 13.1 Å². The third-order valence-corrected chi connectivity index (χ3v) is 4.12. The summed E-state index contributed by atoms with van der Waals surface area (Å²) < 4.78 is 7.01. The fraction of sp³-hybridized carbons (Fsp3) is 0.412. The molecule has 2 aromatic rings. The second kappa shape index (κ2) is 6.83. The number of ether oxygens (including phenoxy) is 1. The molecule has 1 aliphatic rings. The quantitative estimate of drug-likeness (QED) is 0.858. The van der Waals surface area contributed by atoms with Gasteiger partial charge in [-0.3, -0.25) is 9.36 Å². The van der Waals surface area contributed by atoms with Gasteiger partial charge in [0.05, 0.1) is 0 Å². The molecule has 0 aliphatic carbocycles. The number of methoxy groups -OCH3 is 1. The first kappa shape index (κ1) is 15.6. The van der Waals surface area contributed by atoms with Gasteiger partial charge in [-0.05, 0) is 19.1 Å². The summed E-state index contributed by atoms with van der Waals surface area (Å²) in [5, 5.41) is 0. The number of benzene rings is 1. The lowest BCUT2D eigenvalue weighted by molar-refractivity contribution is -0.135. The Labute approximate surface area is 136 Å². The number of hydrogen-bond donors (Lipinski definition) is 0. The number of hydrogen-bond acceptors (Lipinski definition) is 4. The summed E-state index contributed by atoms with van der Waals surface area (Å²) in [6.07, 6.45) is 3.79. The Morgan fingerprint density at radius 3 is 2.52 bits per heavy atom. The van der Waals surface area contributed by atoms with Crippen molar-refractivity contribution in [1.29, 1.82) is 0 Å². The van der Waals surface area contributed by atoms with Crippen LogP contribution in [0.3, 0.4) is 0 Å². The molecule has 1 saturated heterocycles. The second-order valence-electron chi connectivity index (χ2n) is 5.73. The molecule has 23 heavy (non-hydrogen) atoms. The molecule has 2 heterocycles. The number of aryl methyl sites for hydroxylation is 1. The van der Waals surface area contributed by atoms with Crippen LogP contribution in [0.4, 0.5) is 5.95 Å². The Morgan fingerprint density at radius 1 is 1.17 bits per heavy atom. The summed E-state index contributed by atoms with van der Waals surface area (Å²) in [5.74, 6) is 0.974. The zero-order valence-electron chi connectivity index (χ0n) is 13.6. The maximum Gasteiger partial charge on any atom is 0.248 e. The fourth-order valence-corrected chi connectivity index (χ4v) is 2.81. The highest BCUT2D eigenvalue weighted by Gasteiger charge is 2.23. The maximum atomic E-state index is 11.9. The molecule has 1 aliphatic heterocycles. The van der Waals surface area contributed by atoms with E-state index in [4.69, 9.17) is 4.74 Å². The number of aromatic nitrogens is 2. The summed E-state index contributed by atoms with van der Waals surface area (Å²) in [5.41, 5.74) is 2.33. The van der Waals surface area contributed by atoms with Crippen molar-refractivity contribution in [3.8, 4) is 5.69 Å². The Balaban J connectivity index is 1.71. The second-order valence-corrected chi connectivity index (χ2v) is 5.73. The van der Waals surface area contributed by atoms with E-state index >= 15 is 0 Å². The zero-order valence-corrected chi connectivity index (χ0v) is 13.6. The van der Waals surface area contributed by atoms with Gasteiger partial charge in [0.1, 0.15) is 6.61 Å². The van der Waals surface area contributed by atoms with Crippen LogP contribution < -0.4 is 4.90 Å². The van der Waals surface area contributed by atoms with Crippen LogP contribution in [0.25, 0.3) is 5.69 Å². The van der Waals surface area contributed by atoms with Crippen molar-refractivity contribution in [3.63, 3.8) is 0 Å². The molecule has 1 aromatic heterocycles. The van der Waals surface area contributed by atoms with Crippen LogP contribution in [-0.4, -0.2) is 60.3 Å². The maximum absolute atomic E-state index is 11.9. The molecule has 0 saturated carbocycles. The van der Waals surface area contributed by atoms with Crippen LogP contribution in [0.2, 0.25) is 0 Å². The minimum absolute atomic E-state index is 0.0500. The summed E-state index contributed by atoms with van der Waals surface area (Å²) in [6, 6.07) is 8.39. The lowest BCUT2D eigenvalue weighted by Crippen LogP contribution is -2.50. The molecular weight excluding hydrogens is 292 g/mol. The summed E-state index contributed by atoms with van der Waals surface area (Å²) in [6.45, 7) is 5.18. The van der Waals surface area contributed by atoms with E-state index in [1.54, 1.807) is 7.11 Å². The molecule has 1 aromatic carbocycles. The molecule has 1 amide bonds. The van der Waals surface area contributed by atoms with E-state index < -0.39 is 0 Å². The molecule has 0 N–H and O–H groups in total. The topological polar surface area (TPSA) is 50.6 Å². The summed E-state index contributed by atoms with van der Waals surface area (Å²) >= 11 is 0. The minimum atomic E-state index is 0.0500. The number of anilines is 1. The van der Waals surface area contributed by atoms with Gasteiger partial charge in [0.25, 0.3) is 0 Å². The lowest BCUT2D eigenvalue weighted by atomic mass is 10.2. The first-order valence-electron chi connectivity index (χ1n) is 7.81. The number of nitrogens with zero attached hydrogens (tertiary/aromatic N) is 4. The van der Waals surface area contributed by atoms with E-state index in [-0.39, 0.29) is 12.5 Å². The van der Waals surface area contributed by atoms with E-state index in [9.17, 15) is 4.79 Å². The van der Waals surface area contributed by atoms with E-state index in [0.717, 1.165) is 24.7 Å². The van der Waals surface area contributed by atoms with Gasteiger partial charge in [-0.1, -0.05) is 17.7 Å². The molecule has 0 unspecified atom stereocenters. The zero-order chi connectivity index (χ0) is 16.2. The largest absolute Gasteiger partial charge is 0.375 e. The van der Waals surface area contributed by atoms with E-state index in [2.05, 4.69) is 45.6 Å². The molecule has 6 heteroatoms. The van der Waals surface area contributed by atoms with Gasteiger partial charge >= 0.3 is 0 Å². The predicted molar refractivity (Wildman–Crippen MR) is 89.0 cm³/mol. The highest BCUT2D eigenvalue weighted by molar-refractivity contribution is 5.77. The Morgan fingerprint density at radius 2 is 1.87 bits per heavy atom. The van der Waals surface area contributed by atoms with Crippen molar-refractivity contribution in [1.82, 2.24) is 14.5 Å². The average molecular weight is 314 g/mol. The highest BCUT2D eigenvalue weighted by Crippen LogP contribution is 2.20. The van der Waals surface area contributed by atoms with Gasteiger partial charge in [0.2, 0.25) is 11.9 Å². The molecule has 0 atom stereocenters. The van der Waals surface area contributed by atoms with Crippen LogP contribution in [0, 0.1) is 6.92 Å². The van der Waals surface area contributed by atoms with Crippen molar-refractivity contribution in [3.05, 3.63) is 42.2 Å². The first-order chi connectivity index (χ1) is 11.2. The highest BCUT2D eigenvalue weighted by atomic mass is 16.5. The molecule has 122 valence electrons. The lowest BCUT2D eigenvalue weighted by Gasteiger charge is -2.35. The Bertz CT molecular complexity index is 657. The van der Waals surface area contributed by atoms with Crippen molar-refractivity contribution in [2.24, 2.45) is 0 Å². The summed E-state index contributed by atoms with van der Waals surface area (Å²) in [4.78, 5) is 20.4. The molecule has 6 nitrogen and oxygen atoms in total. The number of piperazine rings is 1. The molecule has 0 radical (unpaired) electrons. The van der Waals surface area contributed by atoms with E-state index in [1.165, 1.54) is 5.56 Å². The van der Waals surface area contributed by atoms with Gasteiger partial charge in [-0.25, -0.2) is 4.98 Å². The smallest absolute Gasteiger partial charge is 0.248 e. The van der Waals surface area contributed by atoms with Crippen LogP contribution in [0.15, 0.2) is 36.7 Å². The Hall–Kier alpha value is -2.34. The van der Waals surface area contributed by atoms with Crippen molar-refractivity contribution >= 4 is 11.9 Å². The fourth-order valence-electron chi connectivity index (χ4n) is 2.81. The normalized spacial score (nSPS) is 15.0. The SMILES string of the molecule is COCC(=O)N1CCN(c2nccn2-c2ccc(C)cc2)CC1. The third kappa shape index (κ3) is 3.37. The molecule has 1 fully saturated rings. The predicted octanol–water partition coefficient (Wildman–Crippen LogP) is 1.48.